The van der Waals surface area contributed by atoms with Gasteiger partial charge in [-0.05, 0) is 73.2 Å². The van der Waals surface area contributed by atoms with Gasteiger partial charge in [-0.1, -0.05) is 91.7 Å². The van der Waals surface area contributed by atoms with E-state index < -0.39 is 28.5 Å². The topological polar surface area (TPSA) is 96.0 Å². The molecule has 1 aliphatic carbocycles. The Labute approximate surface area is 278 Å². The minimum Gasteiger partial charge on any atom is -0.495 e. The smallest absolute Gasteiger partial charge is 0.264 e. The molecule has 47 heavy (non-hydrogen) atoms. The van der Waals surface area contributed by atoms with Crippen molar-refractivity contribution in [3.05, 3.63) is 125 Å². The monoisotopic (exact) mass is 653 g/mol. The molecule has 2 amide bonds. The summed E-state index contributed by atoms with van der Waals surface area (Å²) in [6, 6.07) is 29.8. The molecule has 4 aromatic rings. The predicted octanol–water partition coefficient (Wildman–Crippen LogP) is 6.21. The first-order valence-corrected chi connectivity index (χ1v) is 17.5. The van der Waals surface area contributed by atoms with Crippen LogP contribution in [0.15, 0.2) is 108 Å². The van der Waals surface area contributed by atoms with Gasteiger partial charge in [0, 0.05) is 19.0 Å². The van der Waals surface area contributed by atoms with Gasteiger partial charge >= 0.3 is 0 Å². The SMILES string of the molecule is COc1ccc(C)cc1N(CC(=O)N(Cc1ccccc1C)C(Cc1ccccc1)C(=O)NC1CCCC1)S(=O)(=O)c1ccccc1. The summed E-state index contributed by atoms with van der Waals surface area (Å²) < 4.78 is 35.4. The van der Waals surface area contributed by atoms with E-state index in [0.29, 0.717) is 5.75 Å². The van der Waals surface area contributed by atoms with E-state index in [4.69, 9.17) is 4.74 Å². The zero-order valence-corrected chi connectivity index (χ0v) is 28.1. The van der Waals surface area contributed by atoms with E-state index in [1.165, 1.54) is 19.2 Å². The van der Waals surface area contributed by atoms with Gasteiger partial charge in [-0.3, -0.25) is 13.9 Å². The lowest BCUT2D eigenvalue weighted by atomic mass is 10.0. The molecule has 1 atom stereocenters. The summed E-state index contributed by atoms with van der Waals surface area (Å²) in [6.45, 7) is 3.41. The van der Waals surface area contributed by atoms with Gasteiger partial charge in [0.05, 0.1) is 17.7 Å². The van der Waals surface area contributed by atoms with Crippen molar-refractivity contribution in [2.75, 3.05) is 18.0 Å². The number of benzene rings is 4. The molecular formula is C38H43N3O5S. The van der Waals surface area contributed by atoms with E-state index in [1.54, 1.807) is 35.2 Å². The van der Waals surface area contributed by atoms with Crippen LogP contribution in [0.3, 0.4) is 0 Å². The Bertz CT molecular complexity index is 1770. The van der Waals surface area contributed by atoms with E-state index in [0.717, 1.165) is 52.2 Å². The lowest BCUT2D eigenvalue weighted by Crippen LogP contribution is -2.54. The van der Waals surface area contributed by atoms with Gasteiger partial charge in [-0.15, -0.1) is 0 Å². The number of hydrogen-bond acceptors (Lipinski definition) is 5. The van der Waals surface area contributed by atoms with Crippen LogP contribution in [0.2, 0.25) is 0 Å². The van der Waals surface area contributed by atoms with E-state index in [9.17, 15) is 18.0 Å². The second kappa shape index (κ2) is 15.3. The largest absolute Gasteiger partial charge is 0.495 e. The Hall–Kier alpha value is -4.63. The van der Waals surface area contributed by atoms with Crippen molar-refractivity contribution >= 4 is 27.5 Å². The predicted molar refractivity (Wildman–Crippen MR) is 185 cm³/mol. The van der Waals surface area contributed by atoms with Crippen LogP contribution in [0.4, 0.5) is 5.69 Å². The second-order valence-electron chi connectivity index (χ2n) is 12.1. The second-order valence-corrected chi connectivity index (χ2v) is 14.0. The molecule has 1 aliphatic rings. The van der Waals surface area contributed by atoms with Crippen molar-refractivity contribution in [1.29, 1.82) is 0 Å². The maximum Gasteiger partial charge on any atom is 0.264 e. The highest BCUT2D eigenvalue weighted by Crippen LogP contribution is 2.34. The highest BCUT2D eigenvalue weighted by molar-refractivity contribution is 7.92. The normalized spacial score (nSPS) is 13.9. The Morgan fingerprint density at radius 1 is 0.872 bits per heavy atom. The first-order chi connectivity index (χ1) is 22.7. The van der Waals surface area contributed by atoms with Crippen LogP contribution in [0.25, 0.3) is 0 Å². The van der Waals surface area contributed by atoms with E-state index in [2.05, 4.69) is 5.32 Å². The van der Waals surface area contributed by atoms with Crippen molar-refractivity contribution in [3.8, 4) is 5.75 Å². The minimum absolute atomic E-state index is 0.0432. The third-order valence-electron chi connectivity index (χ3n) is 8.79. The Balaban J connectivity index is 1.61. The number of nitrogens with one attached hydrogen (secondary N) is 1. The highest BCUT2D eigenvalue weighted by Gasteiger charge is 2.36. The van der Waals surface area contributed by atoms with Crippen LogP contribution in [0, 0.1) is 13.8 Å². The fourth-order valence-electron chi connectivity index (χ4n) is 6.12. The summed E-state index contributed by atoms with van der Waals surface area (Å²) in [7, 11) is -2.76. The quantitative estimate of drug-likeness (QED) is 0.185. The summed E-state index contributed by atoms with van der Waals surface area (Å²) in [5, 5.41) is 3.22. The summed E-state index contributed by atoms with van der Waals surface area (Å²) in [5.74, 6) is -0.430. The number of anilines is 1. The summed E-state index contributed by atoms with van der Waals surface area (Å²) in [4.78, 5) is 30.6. The number of ether oxygens (including phenoxy) is 1. The van der Waals surface area contributed by atoms with E-state index in [1.807, 2.05) is 74.5 Å². The van der Waals surface area contributed by atoms with E-state index >= 15 is 0 Å². The van der Waals surface area contributed by atoms with Gasteiger partial charge in [-0.2, -0.15) is 0 Å². The average Bonchev–Trinajstić information content (AvgIpc) is 3.59. The molecule has 0 heterocycles. The Kier molecular flexibility index (Phi) is 11.0. The molecule has 246 valence electrons. The number of rotatable bonds is 13. The van der Waals surface area contributed by atoms with Gasteiger partial charge in [0.15, 0.2) is 0 Å². The van der Waals surface area contributed by atoms with Crippen LogP contribution in [0.5, 0.6) is 5.75 Å². The molecule has 0 saturated heterocycles. The fraction of sp³-hybridized carbons (Fsp3) is 0.316. The fourth-order valence-corrected chi connectivity index (χ4v) is 7.56. The maximum absolute atomic E-state index is 14.8. The van der Waals surface area contributed by atoms with E-state index in [-0.39, 0.29) is 35.5 Å². The number of sulfonamides is 1. The van der Waals surface area contributed by atoms with Crippen LogP contribution in [-0.2, 0) is 32.6 Å². The van der Waals surface area contributed by atoms with Gasteiger partial charge in [0.1, 0.15) is 18.3 Å². The van der Waals surface area contributed by atoms with Crippen molar-refractivity contribution < 1.29 is 22.7 Å². The molecule has 0 aliphatic heterocycles. The molecule has 8 nitrogen and oxygen atoms in total. The van der Waals surface area contributed by atoms with Gasteiger partial charge in [0.2, 0.25) is 11.8 Å². The van der Waals surface area contributed by atoms with Crippen LogP contribution < -0.4 is 14.4 Å². The molecule has 0 spiro atoms. The van der Waals surface area contributed by atoms with Crippen LogP contribution >= 0.6 is 0 Å². The summed E-state index contributed by atoms with van der Waals surface area (Å²) in [5.41, 5.74) is 3.79. The third kappa shape index (κ3) is 8.21. The number of hydrogen-bond donors (Lipinski definition) is 1. The number of aryl methyl sites for hydroxylation is 2. The molecular weight excluding hydrogens is 611 g/mol. The molecule has 1 unspecified atom stereocenters. The first-order valence-electron chi connectivity index (χ1n) is 16.1. The summed E-state index contributed by atoms with van der Waals surface area (Å²) >= 11 is 0. The molecule has 5 rings (SSSR count). The van der Waals surface area contributed by atoms with Crippen molar-refractivity contribution in [2.45, 2.75) is 69.5 Å². The molecule has 4 aromatic carbocycles. The maximum atomic E-state index is 14.8. The number of nitrogens with zero attached hydrogens (tertiary/aromatic N) is 2. The lowest BCUT2D eigenvalue weighted by Gasteiger charge is -2.35. The Morgan fingerprint density at radius 3 is 2.17 bits per heavy atom. The Morgan fingerprint density at radius 2 is 1.51 bits per heavy atom. The minimum atomic E-state index is -4.23. The molecule has 0 radical (unpaired) electrons. The molecule has 1 saturated carbocycles. The molecule has 0 aromatic heterocycles. The molecule has 0 bridgehead atoms. The number of methoxy groups -OCH3 is 1. The number of carbonyl (C=O) groups excluding carboxylic acids is 2. The zero-order chi connectivity index (χ0) is 33.4. The first kappa shape index (κ1) is 33.7. The zero-order valence-electron chi connectivity index (χ0n) is 27.3. The lowest BCUT2D eigenvalue weighted by molar-refractivity contribution is -0.140. The van der Waals surface area contributed by atoms with Gasteiger partial charge < -0.3 is 15.0 Å². The number of amides is 2. The third-order valence-corrected chi connectivity index (χ3v) is 10.6. The number of carbonyl (C=O) groups is 2. The van der Waals surface area contributed by atoms with Crippen LogP contribution in [-0.4, -0.2) is 50.9 Å². The molecule has 1 N–H and O–H groups in total. The molecule has 1 fully saturated rings. The van der Waals surface area contributed by atoms with Crippen molar-refractivity contribution in [2.24, 2.45) is 0 Å². The standard InChI is InChI=1S/C38H43N3O5S/c1-28-22-23-36(46-3)34(24-28)41(47(44,45)33-20-8-5-9-21-33)27-37(42)40(26-31-17-11-10-14-29(31)2)35(25-30-15-6-4-7-16-30)38(43)39-32-18-12-13-19-32/h4-11,14-17,20-24,32,35H,12-13,18-19,25-27H2,1-3H3,(H,39,43). The van der Waals surface area contributed by atoms with Crippen LogP contribution in [0.1, 0.15) is 47.9 Å². The van der Waals surface area contributed by atoms with Crippen molar-refractivity contribution in [3.63, 3.8) is 0 Å². The average molecular weight is 654 g/mol. The molecule has 9 heteroatoms. The highest BCUT2D eigenvalue weighted by atomic mass is 32.2. The van der Waals surface area contributed by atoms with Crippen molar-refractivity contribution in [1.82, 2.24) is 10.2 Å². The van der Waals surface area contributed by atoms with Gasteiger partial charge in [0.25, 0.3) is 10.0 Å². The summed E-state index contributed by atoms with van der Waals surface area (Å²) in [6.07, 6.45) is 4.16. The van der Waals surface area contributed by atoms with Gasteiger partial charge in [-0.25, -0.2) is 8.42 Å².